The summed E-state index contributed by atoms with van der Waals surface area (Å²) in [4.78, 5) is 111. The Morgan fingerprint density at radius 2 is 1.46 bits per heavy atom. The summed E-state index contributed by atoms with van der Waals surface area (Å²) in [5.74, 6) is -5.42. The Kier molecular flexibility index (Phi) is 19.6. The van der Waals surface area contributed by atoms with Crippen LogP contribution < -0.4 is 32.3 Å². The molecule has 0 bridgehead atoms. The van der Waals surface area contributed by atoms with Crippen molar-refractivity contribution in [1.82, 2.24) is 26.2 Å². The number of carboxylic acid groups (broad SMARTS) is 1. The maximum absolute atomic E-state index is 13.4. The third kappa shape index (κ3) is 16.7. The average Bonchev–Trinajstić information content (AvgIpc) is 3.47. The van der Waals surface area contributed by atoms with Crippen LogP contribution in [0.1, 0.15) is 65.9 Å². The van der Waals surface area contributed by atoms with Gasteiger partial charge in [0.25, 0.3) is 11.8 Å². The van der Waals surface area contributed by atoms with Crippen LogP contribution in [0.4, 0.5) is 15.3 Å². The van der Waals surface area contributed by atoms with Gasteiger partial charge >= 0.3 is 18.2 Å². The van der Waals surface area contributed by atoms with Crippen molar-refractivity contribution >= 4 is 59.3 Å². The Bertz CT molecular complexity index is 1610. The normalized spacial score (nSPS) is 14.3. The van der Waals surface area contributed by atoms with Crippen LogP contribution in [0.3, 0.4) is 0 Å². The quantitative estimate of drug-likeness (QED) is 0.0431. The second-order valence-corrected chi connectivity index (χ2v) is 13.6. The molecule has 0 fully saturated rings. The lowest BCUT2D eigenvalue weighted by Crippen LogP contribution is -2.54. The lowest BCUT2D eigenvalue weighted by Gasteiger charge is -2.27. The van der Waals surface area contributed by atoms with Gasteiger partial charge in [0, 0.05) is 37.2 Å². The standard InChI is InChI=1S/C37H53N7O13/c1-6-26(45)42-31(35(51)52)32(22(4)5)57-37(54)56-20-23-9-11-24(12-10-23)40-33(49)25(8-7-16-39-36(38)53)41-34(50)30(21(2)3)43-27(46)15-18-55-19-17-44-28(47)13-14-29(44)48/h9-14,21-22,25,30-32H,6-8,15-20H2,1-5H3,(H,40,49)(H,41,50)(H,42,45)(H,43,46)(H,51,52)(H3,38,39,53). The number of nitrogens with one attached hydrogen (secondary N) is 5. The summed E-state index contributed by atoms with van der Waals surface area (Å²) >= 11 is 0. The van der Waals surface area contributed by atoms with Gasteiger partial charge < -0.3 is 51.6 Å². The van der Waals surface area contributed by atoms with Crippen LogP contribution in [0.25, 0.3) is 0 Å². The molecule has 57 heavy (non-hydrogen) atoms. The minimum Gasteiger partial charge on any atom is -0.480 e. The first-order chi connectivity index (χ1) is 26.9. The van der Waals surface area contributed by atoms with Gasteiger partial charge in [0.1, 0.15) is 24.8 Å². The van der Waals surface area contributed by atoms with Crippen molar-refractivity contribution in [1.29, 1.82) is 0 Å². The number of imide groups is 1. The van der Waals surface area contributed by atoms with Gasteiger partial charge in [0.15, 0.2) is 6.04 Å². The second-order valence-electron chi connectivity index (χ2n) is 13.6. The SMILES string of the molecule is CCC(=O)NC(C(=O)O)C(OC(=O)OCc1ccc(NC(=O)C(CCCNC(N)=O)NC(=O)C(NC(=O)CCOCCN2C(=O)C=CC2=O)C(C)C)cc1)C(C)C. The molecule has 4 atom stereocenters. The number of nitrogens with zero attached hydrogens (tertiary/aromatic N) is 1. The highest BCUT2D eigenvalue weighted by Crippen LogP contribution is 2.16. The van der Waals surface area contributed by atoms with Crippen molar-refractivity contribution in [3.05, 3.63) is 42.0 Å². The Hall–Kier alpha value is -6.05. The van der Waals surface area contributed by atoms with E-state index in [-0.39, 0.29) is 58.6 Å². The summed E-state index contributed by atoms with van der Waals surface area (Å²) in [5.41, 5.74) is 5.94. The molecule has 0 aliphatic carbocycles. The monoisotopic (exact) mass is 803 g/mol. The minimum atomic E-state index is -1.49. The van der Waals surface area contributed by atoms with Crippen LogP contribution >= 0.6 is 0 Å². The summed E-state index contributed by atoms with van der Waals surface area (Å²) in [6.45, 7) is 8.07. The van der Waals surface area contributed by atoms with E-state index in [1.165, 1.54) is 12.1 Å². The Morgan fingerprint density at radius 1 is 0.825 bits per heavy atom. The van der Waals surface area contributed by atoms with Crippen molar-refractivity contribution in [3.8, 4) is 0 Å². The molecule has 314 valence electrons. The number of hydrogen-bond acceptors (Lipinski definition) is 12. The molecule has 2 rings (SSSR count). The summed E-state index contributed by atoms with van der Waals surface area (Å²) in [5, 5.41) is 22.4. The van der Waals surface area contributed by atoms with Crippen molar-refractivity contribution < 1.29 is 62.5 Å². The van der Waals surface area contributed by atoms with Gasteiger partial charge in [-0.2, -0.15) is 0 Å². The number of anilines is 1. The number of urea groups is 1. The predicted octanol–water partition coefficient (Wildman–Crippen LogP) is 0.688. The number of carbonyl (C=O) groups is 9. The molecule has 1 aliphatic heterocycles. The van der Waals surface area contributed by atoms with E-state index < -0.39 is 89.7 Å². The van der Waals surface area contributed by atoms with E-state index in [9.17, 15) is 48.3 Å². The van der Waals surface area contributed by atoms with E-state index in [0.717, 1.165) is 17.1 Å². The number of primary amides is 1. The molecule has 8 amide bonds. The molecular weight excluding hydrogens is 750 g/mol. The molecule has 1 aromatic rings. The molecule has 4 unspecified atom stereocenters. The molecule has 20 heteroatoms. The number of carbonyl (C=O) groups excluding carboxylic acids is 8. The van der Waals surface area contributed by atoms with E-state index in [0.29, 0.717) is 11.3 Å². The van der Waals surface area contributed by atoms with E-state index in [2.05, 4.69) is 26.6 Å². The molecule has 0 aromatic heterocycles. The maximum Gasteiger partial charge on any atom is 0.508 e. The highest BCUT2D eigenvalue weighted by molar-refractivity contribution is 6.12. The number of hydrogen-bond donors (Lipinski definition) is 7. The topological polar surface area (TPSA) is 291 Å². The first-order valence-electron chi connectivity index (χ1n) is 18.4. The molecule has 0 spiro atoms. The van der Waals surface area contributed by atoms with Crippen LogP contribution in [0.2, 0.25) is 0 Å². The fourth-order valence-corrected chi connectivity index (χ4v) is 5.25. The largest absolute Gasteiger partial charge is 0.508 e. The molecule has 8 N–H and O–H groups in total. The fraction of sp³-hybridized carbons (Fsp3) is 0.541. The molecule has 1 aromatic carbocycles. The number of aliphatic carboxylic acids is 1. The number of nitrogens with two attached hydrogens (primary N) is 1. The van der Waals surface area contributed by atoms with E-state index in [4.69, 9.17) is 19.9 Å². The third-order valence-electron chi connectivity index (χ3n) is 8.40. The Balaban J connectivity index is 1.99. The van der Waals surface area contributed by atoms with Crippen LogP contribution in [0.15, 0.2) is 36.4 Å². The smallest absolute Gasteiger partial charge is 0.480 e. The van der Waals surface area contributed by atoms with Gasteiger partial charge in [-0.05, 0) is 42.4 Å². The molecule has 0 saturated heterocycles. The first kappa shape index (κ1) is 47.1. The van der Waals surface area contributed by atoms with Crippen LogP contribution in [-0.2, 0) is 54.4 Å². The summed E-state index contributed by atoms with van der Waals surface area (Å²) in [6.07, 6.45) is 0.192. The molecule has 0 saturated carbocycles. The highest BCUT2D eigenvalue weighted by Gasteiger charge is 2.35. The Labute approximate surface area is 329 Å². The van der Waals surface area contributed by atoms with E-state index in [1.54, 1.807) is 46.8 Å². The van der Waals surface area contributed by atoms with Crippen molar-refractivity contribution in [2.75, 3.05) is 31.6 Å². The minimum absolute atomic E-state index is 0.0185. The number of rotatable bonds is 24. The van der Waals surface area contributed by atoms with Gasteiger partial charge in [0.2, 0.25) is 23.6 Å². The molecule has 1 aliphatic rings. The lowest BCUT2D eigenvalue weighted by molar-refractivity contribution is -0.147. The predicted molar refractivity (Wildman–Crippen MR) is 202 cm³/mol. The molecule has 0 radical (unpaired) electrons. The number of amides is 8. The van der Waals surface area contributed by atoms with Gasteiger partial charge in [-0.1, -0.05) is 46.8 Å². The number of carboxylic acids is 1. The third-order valence-corrected chi connectivity index (χ3v) is 8.40. The maximum atomic E-state index is 13.4. The van der Waals surface area contributed by atoms with Crippen LogP contribution in [-0.4, -0.2) is 114 Å². The van der Waals surface area contributed by atoms with Gasteiger partial charge in [-0.25, -0.2) is 14.4 Å². The summed E-state index contributed by atoms with van der Waals surface area (Å²) in [7, 11) is 0. The zero-order valence-corrected chi connectivity index (χ0v) is 32.7. The van der Waals surface area contributed by atoms with Crippen molar-refractivity contribution in [3.63, 3.8) is 0 Å². The van der Waals surface area contributed by atoms with Crippen LogP contribution in [0.5, 0.6) is 0 Å². The lowest BCUT2D eigenvalue weighted by atomic mass is 9.99. The van der Waals surface area contributed by atoms with Crippen LogP contribution in [0, 0.1) is 11.8 Å². The molecular formula is C37H53N7O13. The Morgan fingerprint density at radius 3 is 2.02 bits per heavy atom. The average molecular weight is 804 g/mol. The highest BCUT2D eigenvalue weighted by atomic mass is 16.7. The van der Waals surface area contributed by atoms with Crippen molar-refractivity contribution in [2.24, 2.45) is 17.6 Å². The molecule has 1 heterocycles. The number of benzene rings is 1. The summed E-state index contributed by atoms with van der Waals surface area (Å²) in [6, 6.07) is 1.74. The fourth-order valence-electron chi connectivity index (χ4n) is 5.25. The zero-order chi connectivity index (χ0) is 42.7. The zero-order valence-electron chi connectivity index (χ0n) is 32.7. The van der Waals surface area contributed by atoms with Gasteiger partial charge in [-0.15, -0.1) is 0 Å². The van der Waals surface area contributed by atoms with Gasteiger partial charge in [-0.3, -0.25) is 33.7 Å². The van der Waals surface area contributed by atoms with E-state index in [1.807, 2.05) is 0 Å². The van der Waals surface area contributed by atoms with Gasteiger partial charge in [0.05, 0.1) is 19.8 Å². The van der Waals surface area contributed by atoms with Crippen molar-refractivity contribution in [2.45, 2.75) is 91.1 Å². The van der Waals surface area contributed by atoms with E-state index >= 15 is 0 Å². The second kappa shape index (κ2) is 23.8. The molecule has 20 nitrogen and oxygen atoms in total. The number of ether oxygens (including phenoxy) is 3. The summed E-state index contributed by atoms with van der Waals surface area (Å²) < 4.78 is 15.8. The first-order valence-corrected chi connectivity index (χ1v) is 18.4.